The molecule has 0 spiro atoms. The number of hydrogen-bond donors (Lipinski definition) is 1. The Morgan fingerprint density at radius 1 is 1.24 bits per heavy atom. The van der Waals surface area contributed by atoms with Gasteiger partial charge in [0, 0.05) is 6.07 Å². The minimum Gasteiger partial charge on any atom is -0.497 e. The highest BCUT2D eigenvalue weighted by molar-refractivity contribution is 7.94. The van der Waals surface area contributed by atoms with E-state index in [0.717, 1.165) is 0 Å². The lowest BCUT2D eigenvalue weighted by molar-refractivity contribution is 0.415. The summed E-state index contributed by atoms with van der Waals surface area (Å²) in [6.07, 6.45) is 0. The highest BCUT2D eigenvalue weighted by Gasteiger charge is 2.14. The summed E-state index contributed by atoms with van der Waals surface area (Å²) in [4.78, 5) is 0. The SMILES string of the molecule is COc1cccc(NS(=O)(=O)c2cccs2)c1. The van der Waals surface area contributed by atoms with Gasteiger partial charge < -0.3 is 4.74 Å². The Morgan fingerprint density at radius 3 is 2.71 bits per heavy atom. The van der Waals surface area contributed by atoms with E-state index in [1.54, 1.807) is 41.8 Å². The van der Waals surface area contributed by atoms with E-state index in [2.05, 4.69) is 4.72 Å². The van der Waals surface area contributed by atoms with Crippen LogP contribution in [0.5, 0.6) is 5.75 Å². The molecule has 0 amide bonds. The lowest BCUT2D eigenvalue weighted by atomic mass is 10.3. The number of ether oxygens (including phenoxy) is 1. The lowest BCUT2D eigenvalue weighted by Gasteiger charge is -2.07. The number of sulfonamides is 1. The van der Waals surface area contributed by atoms with Crippen molar-refractivity contribution in [3.63, 3.8) is 0 Å². The van der Waals surface area contributed by atoms with Gasteiger partial charge in [-0.15, -0.1) is 11.3 Å². The largest absolute Gasteiger partial charge is 0.497 e. The van der Waals surface area contributed by atoms with Crippen molar-refractivity contribution in [2.24, 2.45) is 0 Å². The Balaban J connectivity index is 2.26. The van der Waals surface area contributed by atoms with Gasteiger partial charge in [0.1, 0.15) is 9.96 Å². The van der Waals surface area contributed by atoms with Crippen molar-refractivity contribution in [1.29, 1.82) is 0 Å². The van der Waals surface area contributed by atoms with Crippen LogP contribution in [0.1, 0.15) is 0 Å². The van der Waals surface area contributed by atoms with E-state index in [1.165, 1.54) is 18.4 Å². The van der Waals surface area contributed by atoms with Gasteiger partial charge in [-0.1, -0.05) is 12.1 Å². The van der Waals surface area contributed by atoms with Crippen molar-refractivity contribution >= 4 is 27.0 Å². The first-order chi connectivity index (χ1) is 8.12. The molecule has 0 aliphatic heterocycles. The molecule has 2 aromatic rings. The summed E-state index contributed by atoms with van der Waals surface area (Å²) in [6.45, 7) is 0. The van der Waals surface area contributed by atoms with Gasteiger partial charge in [0.15, 0.2) is 0 Å². The predicted molar refractivity (Wildman–Crippen MR) is 68.1 cm³/mol. The molecule has 0 saturated carbocycles. The van der Waals surface area contributed by atoms with Crippen LogP contribution >= 0.6 is 11.3 Å². The van der Waals surface area contributed by atoms with Gasteiger partial charge in [-0.05, 0) is 23.6 Å². The molecule has 4 nitrogen and oxygen atoms in total. The third-order valence-corrected chi connectivity index (χ3v) is 4.86. The Labute approximate surface area is 104 Å². The van der Waals surface area contributed by atoms with Crippen LogP contribution < -0.4 is 9.46 Å². The van der Waals surface area contributed by atoms with Crippen molar-refractivity contribution in [3.05, 3.63) is 41.8 Å². The van der Waals surface area contributed by atoms with Crippen LogP contribution in [0.15, 0.2) is 46.0 Å². The summed E-state index contributed by atoms with van der Waals surface area (Å²) in [6, 6.07) is 10.0. The second kappa shape index (κ2) is 4.77. The molecule has 6 heteroatoms. The smallest absolute Gasteiger partial charge is 0.271 e. The minimum absolute atomic E-state index is 0.292. The van der Waals surface area contributed by atoms with Gasteiger partial charge in [0.05, 0.1) is 12.8 Å². The Morgan fingerprint density at radius 2 is 2.06 bits per heavy atom. The number of benzene rings is 1. The predicted octanol–water partition coefficient (Wildman–Crippen LogP) is 2.56. The average Bonchev–Trinajstić information content (AvgIpc) is 2.83. The standard InChI is InChI=1S/C11H11NO3S2/c1-15-10-5-2-4-9(8-10)12-17(13,14)11-6-3-7-16-11/h2-8,12H,1H3. The summed E-state index contributed by atoms with van der Waals surface area (Å²) < 4.78 is 31.7. The van der Waals surface area contributed by atoms with Gasteiger partial charge in [0.2, 0.25) is 0 Å². The van der Waals surface area contributed by atoms with Crippen LogP contribution in [0.4, 0.5) is 5.69 Å². The number of rotatable bonds is 4. The maximum absolute atomic E-state index is 11.9. The molecule has 17 heavy (non-hydrogen) atoms. The first-order valence-electron chi connectivity index (χ1n) is 4.82. The molecule has 0 atom stereocenters. The Hall–Kier alpha value is -1.53. The third kappa shape index (κ3) is 2.78. The molecule has 0 fully saturated rings. The van der Waals surface area contributed by atoms with Crippen LogP contribution in [0.3, 0.4) is 0 Å². The third-order valence-electron chi connectivity index (χ3n) is 2.08. The number of methoxy groups -OCH3 is 1. The second-order valence-corrected chi connectivity index (χ2v) is 6.13. The molecule has 1 aromatic heterocycles. The van der Waals surface area contributed by atoms with E-state index in [-0.39, 0.29) is 0 Å². The van der Waals surface area contributed by atoms with Crippen molar-refractivity contribution in [2.75, 3.05) is 11.8 Å². The zero-order valence-corrected chi connectivity index (χ0v) is 10.7. The molecular weight excluding hydrogens is 258 g/mol. The fourth-order valence-corrected chi connectivity index (χ4v) is 3.35. The fraction of sp³-hybridized carbons (Fsp3) is 0.0909. The minimum atomic E-state index is -3.48. The molecule has 0 aliphatic rings. The monoisotopic (exact) mass is 269 g/mol. The van der Waals surface area contributed by atoms with E-state index in [0.29, 0.717) is 15.6 Å². The molecule has 0 unspecified atom stereocenters. The van der Waals surface area contributed by atoms with Crippen LogP contribution in [0, 0.1) is 0 Å². The van der Waals surface area contributed by atoms with Crippen molar-refractivity contribution in [1.82, 2.24) is 0 Å². The Bertz CT molecular complexity index is 591. The number of hydrogen-bond acceptors (Lipinski definition) is 4. The zero-order chi connectivity index (χ0) is 12.3. The normalized spacial score (nSPS) is 11.1. The van der Waals surface area contributed by atoms with Crippen molar-refractivity contribution in [2.45, 2.75) is 4.21 Å². The Kier molecular flexibility index (Phi) is 3.35. The number of nitrogens with one attached hydrogen (secondary N) is 1. The molecule has 0 radical (unpaired) electrons. The lowest BCUT2D eigenvalue weighted by Crippen LogP contribution is -2.11. The van der Waals surface area contributed by atoms with E-state index < -0.39 is 10.0 Å². The van der Waals surface area contributed by atoms with E-state index in [1.807, 2.05) is 0 Å². The molecular formula is C11H11NO3S2. The molecule has 90 valence electrons. The van der Waals surface area contributed by atoms with Crippen LogP contribution in [0.25, 0.3) is 0 Å². The average molecular weight is 269 g/mol. The molecule has 0 saturated heterocycles. The number of anilines is 1. The first kappa shape index (κ1) is 11.9. The number of thiophene rings is 1. The molecule has 0 bridgehead atoms. The summed E-state index contributed by atoms with van der Waals surface area (Å²) in [5.74, 6) is 0.608. The van der Waals surface area contributed by atoms with E-state index in [4.69, 9.17) is 4.74 Å². The van der Waals surface area contributed by atoms with Crippen LogP contribution in [-0.4, -0.2) is 15.5 Å². The summed E-state index contributed by atoms with van der Waals surface area (Å²) >= 11 is 1.18. The maximum Gasteiger partial charge on any atom is 0.271 e. The van der Waals surface area contributed by atoms with E-state index in [9.17, 15) is 8.42 Å². The van der Waals surface area contributed by atoms with Gasteiger partial charge in [-0.2, -0.15) is 0 Å². The highest BCUT2D eigenvalue weighted by Crippen LogP contribution is 2.22. The van der Waals surface area contributed by atoms with Crippen molar-refractivity contribution in [3.8, 4) is 5.75 Å². The first-order valence-corrected chi connectivity index (χ1v) is 7.18. The molecule has 0 aliphatic carbocycles. The molecule has 1 N–H and O–H groups in total. The quantitative estimate of drug-likeness (QED) is 0.928. The second-order valence-electron chi connectivity index (χ2n) is 3.27. The van der Waals surface area contributed by atoms with Gasteiger partial charge in [0.25, 0.3) is 10.0 Å². The summed E-state index contributed by atoms with van der Waals surface area (Å²) in [5, 5.41) is 1.72. The van der Waals surface area contributed by atoms with Crippen molar-refractivity contribution < 1.29 is 13.2 Å². The van der Waals surface area contributed by atoms with Crippen LogP contribution in [-0.2, 0) is 10.0 Å². The highest BCUT2D eigenvalue weighted by atomic mass is 32.2. The van der Waals surface area contributed by atoms with Gasteiger partial charge in [-0.3, -0.25) is 4.72 Å². The maximum atomic E-state index is 11.9. The summed E-state index contributed by atoms with van der Waals surface area (Å²) in [7, 11) is -1.95. The van der Waals surface area contributed by atoms with Gasteiger partial charge >= 0.3 is 0 Å². The molecule has 1 heterocycles. The molecule has 1 aromatic carbocycles. The molecule has 2 rings (SSSR count). The van der Waals surface area contributed by atoms with Gasteiger partial charge in [-0.25, -0.2) is 8.42 Å². The summed E-state index contributed by atoms with van der Waals surface area (Å²) in [5.41, 5.74) is 0.484. The van der Waals surface area contributed by atoms with E-state index >= 15 is 0 Å². The topological polar surface area (TPSA) is 55.4 Å². The fourth-order valence-electron chi connectivity index (χ4n) is 1.31. The zero-order valence-electron chi connectivity index (χ0n) is 9.08. The van der Waals surface area contributed by atoms with Crippen LogP contribution in [0.2, 0.25) is 0 Å².